The first-order chi connectivity index (χ1) is 10.2. The predicted molar refractivity (Wildman–Crippen MR) is 75.2 cm³/mol. The SMILES string of the molecule is CCOC(=O)[C@H](CCc1ccccc1)n1cc(C#N)nn1. The van der Waals surface area contributed by atoms with Gasteiger partial charge in [-0.3, -0.25) is 0 Å². The zero-order chi connectivity index (χ0) is 15.1. The molecular formula is C15H16N4O2. The van der Waals surface area contributed by atoms with Crippen LogP contribution in [0, 0.1) is 11.3 Å². The molecule has 1 aromatic heterocycles. The zero-order valence-corrected chi connectivity index (χ0v) is 11.8. The van der Waals surface area contributed by atoms with Gasteiger partial charge in [0.05, 0.1) is 12.8 Å². The number of ether oxygens (including phenoxy) is 1. The molecule has 2 aromatic rings. The normalized spacial score (nSPS) is 11.6. The van der Waals surface area contributed by atoms with Gasteiger partial charge in [-0.05, 0) is 25.3 Å². The summed E-state index contributed by atoms with van der Waals surface area (Å²) in [6, 6.07) is 11.2. The van der Waals surface area contributed by atoms with Crippen molar-refractivity contribution >= 4 is 5.97 Å². The fourth-order valence-corrected chi connectivity index (χ4v) is 2.02. The van der Waals surface area contributed by atoms with E-state index < -0.39 is 6.04 Å². The number of hydrogen-bond donors (Lipinski definition) is 0. The molecule has 0 aliphatic rings. The quantitative estimate of drug-likeness (QED) is 0.757. The minimum Gasteiger partial charge on any atom is -0.464 e. The van der Waals surface area contributed by atoms with Crippen molar-refractivity contribution in [3.63, 3.8) is 0 Å². The molecule has 1 atom stereocenters. The van der Waals surface area contributed by atoms with Gasteiger partial charge in [0.1, 0.15) is 6.07 Å². The van der Waals surface area contributed by atoms with Crippen LogP contribution in [0.2, 0.25) is 0 Å². The standard InChI is InChI=1S/C15H16N4O2/c1-2-21-15(20)14(19-11-13(10-16)17-18-19)9-8-12-6-4-3-5-7-12/h3-7,11,14H,2,8-9H2,1H3/t14-/m0/s1. The molecule has 0 saturated heterocycles. The summed E-state index contributed by atoms with van der Waals surface area (Å²) in [7, 11) is 0. The molecule has 1 aromatic carbocycles. The average molecular weight is 284 g/mol. The van der Waals surface area contributed by atoms with Crippen molar-refractivity contribution in [2.45, 2.75) is 25.8 Å². The fourth-order valence-electron chi connectivity index (χ4n) is 2.02. The van der Waals surface area contributed by atoms with Crippen LogP contribution in [-0.4, -0.2) is 27.6 Å². The van der Waals surface area contributed by atoms with Gasteiger partial charge in [0.15, 0.2) is 11.7 Å². The summed E-state index contributed by atoms with van der Waals surface area (Å²) in [5, 5.41) is 16.3. The predicted octanol–water partition coefficient (Wildman–Crippen LogP) is 1.89. The molecule has 108 valence electrons. The van der Waals surface area contributed by atoms with E-state index in [0.29, 0.717) is 19.4 Å². The summed E-state index contributed by atoms with van der Waals surface area (Å²) in [6.07, 6.45) is 2.72. The molecule has 6 heteroatoms. The molecule has 0 aliphatic heterocycles. The summed E-state index contributed by atoms with van der Waals surface area (Å²) in [6.45, 7) is 2.06. The lowest BCUT2D eigenvalue weighted by Crippen LogP contribution is -2.23. The van der Waals surface area contributed by atoms with E-state index >= 15 is 0 Å². The molecule has 6 nitrogen and oxygen atoms in total. The Labute approximate surface area is 123 Å². The van der Waals surface area contributed by atoms with Gasteiger partial charge in [-0.2, -0.15) is 5.26 Å². The van der Waals surface area contributed by atoms with Gasteiger partial charge >= 0.3 is 5.97 Å². The Hall–Kier alpha value is -2.68. The largest absolute Gasteiger partial charge is 0.464 e. The maximum atomic E-state index is 12.1. The third kappa shape index (κ3) is 3.89. The van der Waals surface area contributed by atoms with Gasteiger partial charge in [-0.25, -0.2) is 9.48 Å². The Kier molecular flexibility index (Phi) is 5.04. The molecule has 0 N–H and O–H groups in total. The van der Waals surface area contributed by atoms with Crippen LogP contribution in [0.4, 0.5) is 0 Å². The van der Waals surface area contributed by atoms with E-state index in [9.17, 15) is 4.79 Å². The van der Waals surface area contributed by atoms with Crippen LogP contribution >= 0.6 is 0 Å². The van der Waals surface area contributed by atoms with E-state index in [2.05, 4.69) is 10.3 Å². The Balaban J connectivity index is 2.12. The lowest BCUT2D eigenvalue weighted by molar-refractivity contribution is -0.147. The molecule has 0 amide bonds. The number of rotatable bonds is 6. The molecule has 0 bridgehead atoms. The minimum absolute atomic E-state index is 0.184. The second-order valence-electron chi connectivity index (χ2n) is 4.49. The average Bonchev–Trinajstić information content (AvgIpc) is 2.98. The zero-order valence-electron chi connectivity index (χ0n) is 11.8. The molecule has 1 heterocycles. The Bertz CT molecular complexity index is 631. The highest BCUT2D eigenvalue weighted by molar-refractivity contribution is 5.74. The third-order valence-corrected chi connectivity index (χ3v) is 3.05. The highest BCUT2D eigenvalue weighted by Gasteiger charge is 2.23. The van der Waals surface area contributed by atoms with Crippen molar-refractivity contribution in [3.05, 3.63) is 47.8 Å². The van der Waals surface area contributed by atoms with Crippen molar-refractivity contribution < 1.29 is 9.53 Å². The van der Waals surface area contributed by atoms with Crippen LogP contribution in [0.1, 0.15) is 30.6 Å². The molecule has 21 heavy (non-hydrogen) atoms. The second-order valence-corrected chi connectivity index (χ2v) is 4.49. The highest BCUT2D eigenvalue weighted by Crippen LogP contribution is 2.16. The maximum Gasteiger partial charge on any atom is 0.330 e. The van der Waals surface area contributed by atoms with Crippen LogP contribution in [0.5, 0.6) is 0 Å². The molecule has 0 spiro atoms. The van der Waals surface area contributed by atoms with Crippen molar-refractivity contribution in [1.82, 2.24) is 15.0 Å². The number of hydrogen-bond acceptors (Lipinski definition) is 5. The number of esters is 1. The van der Waals surface area contributed by atoms with E-state index in [-0.39, 0.29) is 11.7 Å². The summed E-state index contributed by atoms with van der Waals surface area (Å²) < 4.78 is 6.48. The van der Waals surface area contributed by atoms with Crippen molar-refractivity contribution in [1.29, 1.82) is 5.26 Å². The van der Waals surface area contributed by atoms with Crippen molar-refractivity contribution in [2.24, 2.45) is 0 Å². The van der Waals surface area contributed by atoms with E-state index in [1.54, 1.807) is 6.92 Å². The van der Waals surface area contributed by atoms with Gasteiger partial charge in [-0.15, -0.1) is 5.10 Å². The Morgan fingerprint density at radius 3 is 2.81 bits per heavy atom. The lowest BCUT2D eigenvalue weighted by Gasteiger charge is -2.15. The van der Waals surface area contributed by atoms with E-state index in [0.717, 1.165) is 5.56 Å². The van der Waals surface area contributed by atoms with Gasteiger partial charge in [-0.1, -0.05) is 35.5 Å². The van der Waals surface area contributed by atoms with Crippen LogP contribution in [0.15, 0.2) is 36.5 Å². The van der Waals surface area contributed by atoms with E-state index in [1.165, 1.54) is 10.9 Å². The monoisotopic (exact) mass is 284 g/mol. The number of nitriles is 1. The third-order valence-electron chi connectivity index (χ3n) is 3.05. The van der Waals surface area contributed by atoms with E-state index in [4.69, 9.17) is 10.00 Å². The number of nitrogens with zero attached hydrogens (tertiary/aromatic N) is 4. The van der Waals surface area contributed by atoms with Gasteiger partial charge in [0.25, 0.3) is 0 Å². The van der Waals surface area contributed by atoms with Gasteiger partial charge < -0.3 is 4.74 Å². The summed E-state index contributed by atoms with van der Waals surface area (Å²) >= 11 is 0. The summed E-state index contributed by atoms with van der Waals surface area (Å²) in [5.41, 5.74) is 1.32. The smallest absolute Gasteiger partial charge is 0.330 e. The summed E-state index contributed by atoms with van der Waals surface area (Å²) in [5.74, 6) is -0.358. The van der Waals surface area contributed by atoms with Crippen LogP contribution in [0.25, 0.3) is 0 Å². The maximum absolute atomic E-state index is 12.1. The van der Waals surface area contributed by atoms with Crippen LogP contribution in [-0.2, 0) is 16.0 Å². The van der Waals surface area contributed by atoms with Crippen LogP contribution < -0.4 is 0 Å². The van der Waals surface area contributed by atoms with E-state index in [1.807, 2.05) is 36.4 Å². The highest BCUT2D eigenvalue weighted by atomic mass is 16.5. The lowest BCUT2D eigenvalue weighted by atomic mass is 10.1. The van der Waals surface area contributed by atoms with Gasteiger partial charge in [0, 0.05) is 0 Å². The van der Waals surface area contributed by atoms with Crippen LogP contribution in [0.3, 0.4) is 0 Å². The molecule has 0 saturated carbocycles. The number of aryl methyl sites for hydroxylation is 1. The molecule has 0 fully saturated rings. The van der Waals surface area contributed by atoms with Crippen molar-refractivity contribution in [2.75, 3.05) is 6.61 Å². The second kappa shape index (κ2) is 7.20. The number of aromatic nitrogens is 3. The molecular weight excluding hydrogens is 268 g/mol. The first kappa shape index (κ1) is 14.7. The molecule has 0 unspecified atom stereocenters. The summed E-state index contributed by atoms with van der Waals surface area (Å²) in [4.78, 5) is 12.1. The number of carbonyl (C=O) groups excluding carboxylic acids is 1. The molecule has 2 rings (SSSR count). The number of carbonyl (C=O) groups is 1. The van der Waals surface area contributed by atoms with Crippen molar-refractivity contribution in [3.8, 4) is 6.07 Å². The molecule has 0 radical (unpaired) electrons. The van der Waals surface area contributed by atoms with Gasteiger partial charge in [0.2, 0.25) is 0 Å². The first-order valence-electron chi connectivity index (χ1n) is 6.77. The minimum atomic E-state index is -0.570. The number of benzene rings is 1. The first-order valence-corrected chi connectivity index (χ1v) is 6.77. The molecule has 0 aliphatic carbocycles. The Morgan fingerprint density at radius 1 is 1.43 bits per heavy atom. The fraction of sp³-hybridized carbons (Fsp3) is 0.333. The topological polar surface area (TPSA) is 80.8 Å². The Morgan fingerprint density at radius 2 is 2.19 bits per heavy atom.